The summed E-state index contributed by atoms with van der Waals surface area (Å²) in [5.41, 5.74) is 12.9. The fourth-order valence-corrected chi connectivity index (χ4v) is 3.72. The van der Waals surface area contributed by atoms with Gasteiger partial charge in [-0.1, -0.05) is 29.8 Å². The van der Waals surface area contributed by atoms with Crippen molar-refractivity contribution < 1.29 is 4.79 Å². The highest BCUT2D eigenvalue weighted by molar-refractivity contribution is 6.33. The molecule has 0 bridgehead atoms. The molecule has 160 valence electrons. The average Bonchev–Trinajstić information content (AvgIpc) is 2.74. The van der Waals surface area contributed by atoms with Crippen LogP contribution in [0.15, 0.2) is 41.5 Å². The van der Waals surface area contributed by atoms with Crippen molar-refractivity contribution in [3.8, 4) is 11.3 Å². The summed E-state index contributed by atoms with van der Waals surface area (Å²) in [6.45, 7) is 1.31. The number of benzene rings is 1. The zero-order chi connectivity index (χ0) is 22.0. The van der Waals surface area contributed by atoms with Crippen LogP contribution in [0.4, 0.5) is 17.3 Å². The summed E-state index contributed by atoms with van der Waals surface area (Å²) in [6, 6.07) is 7.07. The lowest BCUT2D eigenvalue weighted by Crippen LogP contribution is -2.43. The molecule has 0 aliphatic carbocycles. The molecule has 3 aromatic rings. The zero-order valence-corrected chi connectivity index (χ0v) is 17.3. The predicted octanol–water partition coefficient (Wildman–Crippen LogP) is 1.64. The van der Waals surface area contributed by atoms with Crippen LogP contribution in [0.5, 0.6) is 0 Å². The van der Waals surface area contributed by atoms with Crippen molar-refractivity contribution in [3.05, 3.63) is 57.9 Å². The van der Waals surface area contributed by atoms with Gasteiger partial charge in [-0.25, -0.2) is 14.8 Å². The number of halogens is 1. The Hall–Kier alpha value is -3.50. The first-order valence-corrected chi connectivity index (χ1v) is 10.1. The molecule has 1 unspecified atom stereocenters. The third-order valence-corrected chi connectivity index (χ3v) is 5.32. The lowest BCUT2D eigenvalue weighted by atomic mass is 10.1. The molecule has 31 heavy (non-hydrogen) atoms. The van der Waals surface area contributed by atoms with E-state index in [9.17, 15) is 9.59 Å². The molecule has 3 heterocycles. The molecule has 6 N–H and O–H groups in total. The Morgan fingerprint density at radius 2 is 2.06 bits per heavy atom. The summed E-state index contributed by atoms with van der Waals surface area (Å²) in [4.78, 5) is 41.6. The standard InChI is InChI=1S/C20H21ClN8O2/c21-13-6-2-1-5-12(13)14-8-24-17(23)16(26-14)19(30)27-18-15(9-25-20(31)28-18)29-7-3-4-11(22)10-29/h1-2,5-6,8-9,11H,3-4,7,10,22H2,(H2,23,24)(H2,25,27,28,30,31). The number of nitrogens with two attached hydrogens (primary N) is 2. The van der Waals surface area contributed by atoms with Crippen LogP contribution >= 0.6 is 11.6 Å². The topological polar surface area (TPSA) is 156 Å². The number of nitrogens with zero attached hydrogens (tertiary/aromatic N) is 4. The number of nitrogens with one attached hydrogen (secondary N) is 2. The first-order valence-electron chi connectivity index (χ1n) is 9.71. The van der Waals surface area contributed by atoms with Crippen LogP contribution < -0.4 is 27.4 Å². The first-order chi connectivity index (χ1) is 14.9. The third-order valence-electron chi connectivity index (χ3n) is 4.99. The van der Waals surface area contributed by atoms with Crippen molar-refractivity contribution in [2.24, 2.45) is 5.73 Å². The average molecular weight is 441 g/mol. The van der Waals surface area contributed by atoms with E-state index in [0.717, 1.165) is 19.4 Å². The van der Waals surface area contributed by atoms with Gasteiger partial charge in [0.1, 0.15) is 5.82 Å². The van der Waals surface area contributed by atoms with E-state index in [1.54, 1.807) is 24.3 Å². The van der Waals surface area contributed by atoms with Gasteiger partial charge in [-0.3, -0.25) is 9.78 Å². The van der Waals surface area contributed by atoms with Gasteiger partial charge in [0.2, 0.25) is 0 Å². The second-order valence-electron chi connectivity index (χ2n) is 7.22. The number of carbonyl (C=O) groups excluding carboxylic acids is 1. The molecule has 1 fully saturated rings. The molecule has 2 aromatic heterocycles. The number of carbonyl (C=O) groups is 1. The van der Waals surface area contributed by atoms with E-state index in [4.69, 9.17) is 23.1 Å². The summed E-state index contributed by atoms with van der Waals surface area (Å²) in [5, 5.41) is 3.15. The minimum Gasteiger partial charge on any atom is -0.382 e. The number of anilines is 3. The van der Waals surface area contributed by atoms with E-state index in [-0.39, 0.29) is 23.4 Å². The monoisotopic (exact) mass is 440 g/mol. The number of aromatic nitrogens is 4. The fourth-order valence-electron chi connectivity index (χ4n) is 3.49. The van der Waals surface area contributed by atoms with Crippen LogP contribution in [-0.4, -0.2) is 45.0 Å². The maximum atomic E-state index is 13.0. The fraction of sp³-hybridized carbons (Fsp3) is 0.250. The van der Waals surface area contributed by atoms with Gasteiger partial charge in [-0.2, -0.15) is 4.98 Å². The quantitative estimate of drug-likeness (QED) is 0.477. The largest absolute Gasteiger partial charge is 0.382 e. The second-order valence-corrected chi connectivity index (χ2v) is 7.63. The Morgan fingerprint density at radius 1 is 1.26 bits per heavy atom. The molecule has 1 aromatic carbocycles. The van der Waals surface area contributed by atoms with E-state index < -0.39 is 11.6 Å². The van der Waals surface area contributed by atoms with Crippen molar-refractivity contribution in [1.29, 1.82) is 0 Å². The second kappa shape index (κ2) is 8.70. The molecule has 1 amide bonds. The Bertz CT molecular complexity index is 1180. The van der Waals surface area contributed by atoms with Crippen molar-refractivity contribution in [2.75, 3.05) is 29.0 Å². The zero-order valence-electron chi connectivity index (χ0n) is 16.5. The van der Waals surface area contributed by atoms with Crippen LogP contribution in [0.2, 0.25) is 5.02 Å². The number of nitrogen functional groups attached to an aromatic ring is 1. The maximum absolute atomic E-state index is 13.0. The molecule has 1 saturated heterocycles. The lowest BCUT2D eigenvalue weighted by molar-refractivity contribution is 0.102. The van der Waals surface area contributed by atoms with Gasteiger partial charge in [-0.05, 0) is 18.9 Å². The smallest absolute Gasteiger partial charge is 0.346 e. The Morgan fingerprint density at radius 3 is 2.84 bits per heavy atom. The number of piperidine rings is 1. The third kappa shape index (κ3) is 4.49. The normalized spacial score (nSPS) is 16.2. The van der Waals surface area contributed by atoms with Crippen molar-refractivity contribution in [2.45, 2.75) is 18.9 Å². The molecular formula is C20H21ClN8O2. The molecule has 4 rings (SSSR count). The molecular weight excluding hydrogens is 420 g/mol. The highest BCUT2D eigenvalue weighted by Gasteiger charge is 2.23. The first kappa shape index (κ1) is 20.8. The minimum absolute atomic E-state index is 0.00181. The van der Waals surface area contributed by atoms with Gasteiger partial charge >= 0.3 is 5.69 Å². The number of hydrogen-bond acceptors (Lipinski definition) is 8. The maximum Gasteiger partial charge on any atom is 0.346 e. The van der Waals surface area contributed by atoms with Crippen LogP contribution in [0.1, 0.15) is 23.3 Å². The van der Waals surface area contributed by atoms with Crippen LogP contribution in [0.25, 0.3) is 11.3 Å². The van der Waals surface area contributed by atoms with Crippen LogP contribution in [-0.2, 0) is 0 Å². The Kier molecular flexibility index (Phi) is 5.83. The van der Waals surface area contributed by atoms with E-state index in [1.807, 2.05) is 4.90 Å². The molecule has 1 atom stereocenters. The highest BCUT2D eigenvalue weighted by atomic mass is 35.5. The number of aromatic amines is 1. The van der Waals surface area contributed by atoms with Gasteiger partial charge in [0, 0.05) is 24.7 Å². The van der Waals surface area contributed by atoms with Gasteiger partial charge in [0.25, 0.3) is 5.91 Å². The number of amides is 1. The summed E-state index contributed by atoms with van der Waals surface area (Å²) >= 11 is 6.23. The number of rotatable bonds is 4. The molecule has 1 aliphatic rings. The van der Waals surface area contributed by atoms with E-state index in [1.165, 1.54) is 12.4 Å². The van der Waals surface area contributed by atoms with E-state index in [0.29, 0.717) is 28.5 Å². The molecule has 1 aliphatic heterocycles. The number of hydrogen-bond donors (Lipinski definition) is 4. The van der Waals surface area contributed by atoms with Crippen molar-refractivity contribution in [3.63, 3.8) is 0 Å². The van der Waals surface area contributed by atoms with Gasteiger partial charge in [0.15, 0.2) is 11.5 Å². The van der Waals surface area contributed by atoms with Crippen molar-refractivity contribution >= 4 is 34.8 Å². The summed E-state index contributed by atoms with van der Waals surface area (Å²) in [5.74, 6) is -0.474. The molecule has 0 saturated carbocycles. The lowest BCUT2D eigenvalue weighted by Gasteiger charge is -2.33. The SMILES string of the molecule is Nc1ncc(-c2ccccc2Cl)nc1C(=O)Nc1[nH]c(=O)ncc1N1CCCC(N)C1. The molecule has 0 radical (unpaired) electrons. The predicted molar refractivity (Wildman–Crippen MR) is 119 cm³/mol. The summed E-state index contributed by atoms with van der Waals surface area (Å²) in [7, 11) is 0. The van der Waals surface area contributed by atoms with Gasteiger partial charge in [-0.15, -0.1) is 0 Å². The van der Waals surface area contributed by atoms with Gasteiger partial charge < -0.3 is 21.7 Å². The van der Waals surface area contributed by atoms with Crippen LogP contribution in [0.3, 0.4) is 0 Å². The van der Waals surface area contributed by atoms with Gasteiger partial charge in [0.05, 0.1) is 28.8 Å². The minimum atomic E-state index is -0.622. The summed E-state index contributed by atoms with van der Waals surface area (Å²) in [6.07, 6.45) is 4.67. The van der Waals surface area contributed by atoms with E-state index in [2.05, 4.69) is 25.3 Å². The van der Waals surface area contributed by atoms with E-state index >= 15 is 0 Å². The van der Waals surface area contributed by atoms with Crippen LogP contribution in [0, 0.1) is 0 Å². The highest BCUT2D eigenvalue weighted by Crippen LogP contribution is 2.28. The molecule has 10 nitrogen and oxygen atoms in total. The molecule has 0 spiro atoms. The Labute approximate surface area is 182 Å². The Balaban J connectivity index is 1.66. The summed E-state index contributed by atoms with van der Waals surface area (Å²) < 4.78 is 0. The number of H-pyrrole nitrogens is 1. The molecule has 11 heteroatoms. The van der Waals surface area contributed by atoms with Crippen molar-refractivity contribution in [1.82, 2.24) is 19.9 Å².